The van der Waals surface area contributed by atoms with Crippen molar-refractivity contribution in [3.63, 3.8) is 0 Å². The first-order valence-corrected chi connectivity index (χ1v) is 8.22. The predicted molar refractivity (Wildman–Crippen MR) is 97.6 cm³/mol. The van der Waals surface area contributed by atoms with Gasteiger partial charge in [-0.15, -0.1) is 0 Å². The standard InChI is InChI=1S/C21H28O3/c1-19(2,22)16-9-7-8-14(10-16)15-11-17(20(3,4)23)13-18(12-15)21(5,6)24/h7-13,22-24H,1-6H3. The zero-order valence-corrected chi connectivity index (χ0v) is 15.4. The molecule has 2 aromatic rings. The molecule has 130 valence electrons. The summed E-state index contributed by atoms with van der Waals surface area (Å²) >= 11 is 0. The fourth-order valence-corrected chi connectivity index (χ4v) is 2.58. The largest absolute Gasteiger partial charge is 0.386 e. The van der Waals surface area contributed by atoms with Crippen LogP contribution in [-0.4, -0.2) is 15.3 Å². The van der Waals surface area contributed by atoms with Crippen molar-refractivity contribution < 1.29 is 15.3 Å². The van der Waals surface area contributed by atoms with Crippen LogP contribution in [-0.2, 0) is 16.8 Å². The van der Waals surface area contributed by atoms with E-state index in [4.69, 9.17) is 0 Å². The molecule has 0 unspecified atom stereocenters. The number of hydrogen-bond acceptors (Lipinski definition) is 3. The van der Waals surface area contributed by atoms with Crippen LogP contribution in [0.15, 0.2) is 42.5 Å². The van der Waals surface area contributed by atoms with Crippen LogP contribution in [0, 0.1) is 0 Å². The SMILES string of the molecule is CC(C)(O)c1cccc(-c2cc(C(C)(C)O)cc(C(C)(C)O)c2)c1. The Hall–Kier alpha value is -1.68. The highest BCUT2D eigenvalue weighted by Crippen LogP contribution is 2.33. The zero-order valence-electron chi connectivity index (χ0n) is 15.4. The molecule has 0 spiro atoms. The fraction of sp³-hybridized carbons (Fsp3) is 0.429. The third kappa shape index (κ3) is 4.23. The van der Waals surface area contributed by atoms with E-state index in [-0.39, 0.29) is 0 Å². The summed E-state index contributed by atoms with van der Waals surface area (Å²) in [5.41, 5.74) is 1.19. The normalized spacial score (nSPS) is 13.2. The fourth-order valence-electron chi connectivity index (χ4n) is 2.58. The Morgan fingerprint density at radius 3 is 1.38 bits per heavy atom. The first-order valence-electron chi connectivity index (χ1n) is 8.22. The maximum absolute atomic E-state index is 10.4. The molecule has 2 rings (SSSR count). The van der Waals surface area contributed by atoms with Gasteiger partial charge in [-0.3, -0.25) is 0 Å². The Morgan fingerprint density at radius 2 is 0.958 bits per heavy atom. The van der Waals surface area contributed by atoms with Gasteiger partial charge >= 0.3 is 0 Å². The van der Waals surface area contributed by atoms with Crippen LogP contribution >= 0.6 is 0 Å². The highest BCUT2D eigenvalue weighted by molar-refractivity contribution is 5.67. The highest BCUT2D eigenvalue weighted by Gasteiger charge is 2.23. The quantitative estimate of drug-likeness (QED) is 0.794. The molecule has 0 saturated heterocycles. The summed E-state index contributed by atoms with van der Waals surface area (Å²) in [4.78, 5) is 0. The average Bonchev–Trinajstić information content (AvgIpc) is 2.44. The molecule has 3 N–H and O–H groups in total. The monoisotopic (exact) mass is 328 g/mol. The molecule has 0 aliphatic heterocycles. The summed E-state index contributed by atoms with van der Waals surface area (Å²) < 4.78 is 0. The lowest BCUT2D eigenvalue weighted by atomic mass is 9.86. The van der Waals surface area contributed by atoms with E-state index in [1.165, 1.54) is 0 Å². The van der Waals surface area contributed by atoms with Gasteiger partial charge in [0.05, 0.1) is 16.8 Å². The number of rotatable bonds is 4. The van der Waals surface area contributed by atoms with E-state index >= 15 is 0 Å². The lowest BCUT2D eigenvalue weighted by Gasteiger charge is -2.25. The van der Waals surface area contributed by atoms with E-state index < -0.39 is 16.8 Å². The number of aliphatic hydroxyl groups is 3. The van der Waals surface area contributed by atoms with Crippen molar-refractivity contribution in [1.29, 1.82) is 0 Å². The molecule has 3 heteroatoms. The minimum absolute atomic E-state index is 0.741. The predicted octanol–water partition coefficient (Wildman–Crippen LogP) is 4.04. The molecule has 0 saturated carbocycles. The highest BCUT2D eigenvalue weighted by atomic mass is 16.3. The van der Waals surface area contributed by atoms with Gasteiger partial charge in [0.1, 0.15) is 0 Å². The van der Waals surface area contributed by atoms with Crippen molar-refractivity contribution in [3.8, 4) is 11.1 Å². The Balaban J connectivity index is 2.66. The third-order valence-corrected chi connectivity index (χ3v) is 4.25. The Bertz CT molecular complexity index is 694. The molecule has 0 aliphatic rings. The maximum Gasteiger partial charge on any atom is 0.0840 e. The van der Waals surface area contributed by atoms with Gasteiger partial charge in [0.2, 0.25) is 0 Å². The molecule has 0 heterocycles. The van der Waals surface area contributed by atoms with Crippen molar-refractivity contribution in [3.05, 3.63) is 59.2 Å². The minimum Gasteiger partial charge on any atom is -0.386 e. The Morgan fingerprint density at radius 1 is 0.542 bits per heavy atom. The number of benzene rings is 2. The van der Waals surface area contributed by atoms with Crippen molar-refractivity contribution in [2.75, 3.05) is 0 Å². The van der Waals surface area contributed by atoms with Gasteiger partial charge in [0.15, 0.2) is 0 Å². The second kappa shape index (κ2) is 5.99. The Kier molecular flexibility index (Phi) is 4.66. The summed E-state index contributed by atoms with van der Waals surface area (Å²) in [6, 6.07) is 13.4. The molecule has 0 amide bonds. The topological polar surface area (TPSA) is 60.7 Å². The third-order valence-electron chi connectivity index (χ3n) is 4.25. The molecule has 0 fully saturated rings. The number of hydrogen-bond donors (Lipinski definition) is 3. The van der Waals surface area contributed by atoms with E-state index in [1.807, 2.05) is 42.5 Å². The molecule has 2 aromatic carbocycles. The van der Waals surface area contributed by atoms with Crippen LogP contribution in [0.4, 0.5) is 0 Å². The van der Waals surface area contributed by atoms with Crippen LogP contribution < -0.4 is 0 Å². The van der Waals surface area contributed by atoms with E-state index in [1.54, 1.807) is 41.5 Å². The van der Waals surface area contributed by atoms with Crippen molar-refractivity contribution in [1.82, 2.24) is 0 Å². The molecule has 0 atom stereocenters. The molecular weight excluding hydrogens is 300 g/mol. The summed E-state index contributed by atoms with van der Waals surface area (Å²) in [5.74, 6) is 0. The van der Waals surface area contributed by atoms with E-state index in [0.29, 0.717) is 0 Å². The lowest BCUT2D eigenvalue weighted by Crippen LogP contribution is -2.20. The maximum atomic E-state index is 10.4. The van der Waals surface area contributed by atoms with Crippen molar-refractivity contribution in [2.45, 2.75) is 58.3 Å². The molecule has 0 aromatic heterocycles. The summed E-state index contributed by atoms with van der Waals surface area (Å²) in [6.07, 6.45) is 0. The second-order valence-corrected chi connectivity index (χ2v) is 8.06. The van der Waals surface area contributed by atoms with E-state index in [2.05, 4.69) is 0 Å². The van der Waals surface area contributed by atoms with Gasteiger partial charge in [-0.05, 0) is 87.6 Å². The molecule has 24 heavy (non-hydrogen) atoms. The van der Waals surface area contributed by atoms with Crippen LogP contribution in [0.25, 0.3) is 11.1 Å². The molecule has 3 nitrogen and oxygen atoms in total. The Labute approximate surface area is 144 Å². The van der Waals surface area contributed by atoms with Gasteiger partial charge in [0.25, 0.3) is 0 Å². The molecule has 0 radical (unpaired) electrons. The molecule has 0 bridgehead atoms. The van der Waals surface area contributed by atoms with E-state index in [9.17, 15) is 15.3 Å². The second-order valence-electron chi connectivity index (χ2n) is 8.06. The van der Waals surface area contributed by atoms with Crippen molar-refractivity contribution in [2.24, 2.45) is 0 Å². The van der Waals surface area contributed by atoms with Crippen molar-refractivity contribution >= 4 is 0 Å². The summed E-state index contributed by atoms with van der Waals surface area (Å²) in [6.45, 7) is 10.4. The van der Waals surface area contributed by atoms with E-state index in [0.717, 1.165) is 27.8 Å². The van der Waals surface area contributed by atoms with Gasteiger partial charge in [-0.25, -0.2) is 0 Å². The zero-order chi connectivity index (χ0) is 18.3. The molecular formula is C21H28O3. The first kappa shape index (κ1) is 18.7. The van der Waals surface area contributed by atoms with Crippen LogP contribution in [0.1, 0.15) is 58.2 Å². The first-order chi connectivity index (χ1) is 10.8. The van der Waals surface area contributed by atoms with Crippen LogP contribution in [0.2, 0.25) is 0 Å². The molecule has 0 aliphatic carbocycles. The smallest absolute Gasteiger partial charge is 0.0840 e. The summed E-state index contributed by atoms with van der Waals surface area (Å²) in [7, 11) is 0. The van der Waals surface area contributed by atoms with Crippen LogP contribution in [0.3, 0.4) is 0 Å². The average molecular weight is 328 g/mol. The lowest BCUT2D eigenvalue weighted by molar-refractivity contribution is 0.0717. The van der Waals surface area contributed by atoms with Crippen LogP contribution in [0.5, 0.6) is 0 Å². The van der Waals surface area contributed by atoms with Gasteiger partial charge in [0, 0.05) is 0 Å². The van der Waals surface area contributed by atoms with Gasteiger partial charge < -0.3 is 15.3 Å². The van der Waals surface area contributed by atoms with Gasteiger partial charge in [-0.1, -0.05) is 24.3 Å². The minimum atomic E-state index is -1.01. The van der Waals surface area contributed by atoms with Gasteiger partial charge in [-0.2, -0.15) is 0 Å². The summed E-state index contributed by atoms with van der Waals surface area (Å²) in [5, 5.41) is 31.1.